The van der Waals surface area contributed by atoms with Gasteiger partial charge in [-0.1, -0.05) is 18.1 Å². The molecule has 11 heteroatoms. The number of halogens is 1. The number of amides is 1. The highest BCUT2D eigenvalue weighted by Crippen LogP contribution is 2.34. The third-order valence-corrected chi connectivity index (χ3v) is 6.75. The number of rotatable bonds is 7. The van der Waals surface area contributed by atoms with E-state index in [0.29, 0.717) is 35.7 Å². The quantitative estimate of drug-likeness (QED) is 0.646. The zero-order chi connectivity index (χ0) is 24.3. The maximum Gasteiger partial charge on any atom is 0.410 e. The lowest BCUT2D eigenvalue weighted by Gasteiger charge is -2.31. The molecule has 2 saturated carbocycles. The Labute approximate surface area is 197 Å². The molecule has 0 radical (unpaired) electrons. The summed E-state index contributed by atoms with van der Waals surface area (Å²) in [5.41, 5.74) is -0.652. The number of hydrogen-bond donors (Lipinski definition) is 1. The Bertz CT molecular complexity index is 1020. The predicted octanol–water partition coefficient (Wildman–Crippen LogP) is 3.50. The summed E-state index contributed by atoms with van der Waals surface area (Å²) in [4.78, 5) is 29.7. The van der Waals surface area contributed by atoms with Gasteiger partial charge >= 0.3 is 12.1 Å². The van der Waals surface area contributed by atoms with Crippen molar-refractivity contribution in [1.82, 2.24) is 24.9 Å². The molecule has 1 amide bonds. The summed E-state index contributed by atoms with van der Waals surface area (Å²) >= 11 is 0. The highest BCUT2D eigenvalue weighted by molar-refractivity contribution is 5.77. The second-order valence-corrected chi connectivity index (χ2v) is 9.10. The van der Waals surface area contributed by atoms with Crippen LogP contribution in [0.1, 0.15) is 57.1 Å². The first kappa shape index (κ1) is 23.9. The van der Waals surface area contributed by atoms with Gasteiger partial charge in [0, 0.05) is 26.6 Å². The summed E-state index contributed by atoms with van der Waals surface area (Å²) in [6.45, 7) is 0.00447. The third-order valence-electron chi connectivity index (χ3n) is 6.75. The van der Waals surface area contributed by atoms with E-state index in [1.54, 1.807) is 35.8 Å². The molecule has 0 aliphatic heterocycles. The Hall–Kier alpha value is -3.24. The van der Waals surface area contributed by atoms with E-state index in [9.17, 15) is 14.0 Å². The maximum atomic E-state index is 14.5. The standard InChI is InChI=1S/C23H30FN5O5/c1-28(15-6-3-4-7-15)22(32)33-14-19-20(26-27-29(19)2)18-10-9-17(13-25-18)34-16-8-5-11-23(24,12-16)21(30)31/h9-10,13,15-16H,3-8,11-12,14H2,1-2H3,(H,30,31)/t16-,23-/m0/s1. The molecule has 184 valence electrons. The molecule has 0 saturated heterocycles. The average Bonchev–Trinajstić information content (AvgIpc) is 3.48. The monoisotopic (exact) mass is 475 g/mol. The zero-order valence-corrected chi connectivity index (χ0v) is 19.4. The Morgan fingerprint density at radius 1 is 1.26 bits per heavy atom. The number of carbonyl (C=O) groups is 2. The van der Waals surface area contributed by atoms with Crippen LogP contribution in [-0.2, 0) is 23.2 Å². The summed E-state index contributed by atoms with van der Waals surface area (Å²) in [6, 6.07) is 3.58. The molecular weight excluding hydrogens is 445 g/mol. The molecule has 0 spiro atoms. The van der Waals surface area contributed by atoms with Crippen molar-refractivity contribution in [2.45, 2.75) is 75.8 Å². The smallest absolute Gasteiger partial charge is 0.410 e. The SMILES string of the molecule is CN(C(=O)OCc1c(-c2ccc(O[C@H]3CCC[C@@](F)(C(=O)O)C3)cn2)nnn1C)C1CCCC1. The Morgan fingerprint density at radius 3 is 2.71 bits per heavy atom. The number of carbonyl (C=O) groups excluding carboxylic acids is 1. The number of aryl methyl sites for hydroxylation is 1. The molecule has 2 fully saturated rings. The minimum absolute atomic E-state index is 0.00411. The van der Waals surface area contributed by atoms with Crippen molar-refractivity contribution in [3.63, 3.8) is 0 Å². The van der Waals surface area contributed by atoms with Gasteiger partial charge in [0.05, 0.1) is 11.9 Å². The van der Waals surface area contributed by atoms with Crippen molar-refractivity contribution in [1.29, 1.82) is 0 Å². The molecule has 2 aromatic heterocycles. The van der Waals surface area contributed by atoms with Crippen molar-refractivity contribution >= 4 is 12.1 Å². The van der Waals surface area contributed by atoms with Gasteiger partial charge < -0.3 is 19.5 Å². The van der Waals surface area contributed by atoms with E-state index in [4.69, 9.17) is 14.6 Å². The lowest BCUT2D eigenvalue weighted by molar-refractivity contribution is -0.155. The third kappa shape index (κ3) is 5.13. The molecule has 2 atom stereocenters. The summed E-state index contributed by atoms with van der Waals surface area (Å²) in [5.74, 6) is -1.03. The van der Waals surface area contributed by atoms with Crippen molar-refractivity contribution in [2.24, 2.45) is 7.05 Å². The van der Waals surface area contributed by atoms with Crippen molar-refractivity contribution in [2.75, 3.05) is 7.05 Å². The fraction of sp³-hybridized carbons (Fsp3) is 0.609. The first-order valence-electron chi connectivity index (χ1n) is 11.6. The Balaban J connectivity index is 1.39. The second-order valence-electron chi connectivity index (χ2n) is 9.10. The van der Waals surface area contributed by atoms with Gasteiger partial charge in [-0.25, -0.2) is 18.7 Å². The number of nitrogens with zero attached hydrogens (tertiary/aromatic N) is 5. The zero-order valence-electron chi connectivity index (χ0n) is 19.4. The predicted molar refractivity (Wildman–Crippen MR) is 119 cm³/mol. The van der Waals surface area contributed by atoms with Gasteiger partial charge in [0.15, 0.2) is 0 Å². The molecule has 0 unspecified atom stereocenters. The number of aromatic nitrogens is 4. The maximum absolute atomic E-state index is 14.5. The van der Waals surface area contributed by atoms with Gasteiger partial charge in [-0.2, -0.15) is 0 Å². The van der Waals surface area contributed by atoms with Crippen LogP contribution in [0.25, 0.3) is 11.4 Å². The average molecular weight is 476 g/mol. The van der Waals surface area contributed by atoms with E-state index in [0.717, 1.165) is 25.7 Å². The van der Waals surface area contributed by atoms with Crippen LogP contribution in [-0.4, -0.2) is 66.9 Å². The molecule has 2 aliphatic rings. The topological polar surface area (TPSA) is 120 Å². The van der Waals surface area contributed by atoms with E-state index in [2.05, 4.69) is 15.3 Å². The second kappa shape index (κ2) is 9.94. The lowest BCUT2D eigenvalue weighted by atomic mass is 9.84. The van der Waals surface area contributed by atoms with Crippen molar-refractivity contribution in [3.8, 4) is 17.1 Å². The number of ether oxygens (including phenoxy) is 2. The minimum atomic E-state index is -2.26. The summed E-state index contributed by atoms with van der Waals surface area (Å²) in [7, 11) is 3.48. The van der Waals surface area contributed by atoms with Crippen molar-refractivity contribution in [3.05, 3.63) is 24.0 Å². The molecule has 1 N–H and O–H groups in total. The van der Waals surface area contributed by atoms with E-state index in [-0.39, 0.29) is 31.6 Å². The normalized spacial score (nSPS) is 23.0. The molecule has 34 heavy (non-hydrogen) atoms. The Kier molecular flexibility index (Phi) is 6.99. The molecule has 10 nitrogen and oxygen atoms in total. The number of carboxylic acid groups (broad SMARTS) is 1. The first-order valence-corrected chi connectivity index (χ1v) is 11.6. The molecule has 2 heterocycles. The van der Waals surface area contributed by atoms with Gasteiger partial charge in [0.2, 0.25) is 5.67 Å². The number of aliphatic carboxylic acids is 1. The van der Waals surface area contributed by atoms with Gasteiger partial charge in [0.25, 0.3) is 0 Å². The number of carboxylic acids is 1. The highest BCUT2D eigenvalue weighted by atomic mass is 19.1. The van der Waals surface area contributed by atoms with E-state index >= 15 is 0 Å². The molecular formula is C23H30FN5O5. The fourth-order valence-electron chi connectivity index (χ4n) is 4.66. The van der Waals surface area contributed by atoms with Crippen molar-refractivity contribution < 1.29 is 28.6 Å². The first-order chi connectivity index (χ1) is 16.3. The van der Waals surface area contributed by atoms with Crippen LogP contribution in [0.3, 0.4) is 0 Å². The molecule has 2 aromatic rings. The van der Waals surface area contributed by atoms with Gasteiger partial charge in [-0.3, -0.25) is 4.98 Å². The van der Waals surface area contributed by atoms with Crippen LogP contribution in [0.4, 0.5) is 9.18 Å². The van der Waals surface area contributed by atoms with E-state index < -0.39 is 17.7 Å². The fourth-order valence-corrected chi connectivity index (χ4v) is 4.66. The number of hydrogen-bond acceptors (Lipinski definition) is 7. The van der Waals surface area contributed by atoms with Crippen LogP contribution >= 0.6 is 0 Å². The Morgan fingerprint density at radius 2 is 2.03 bits per heavy atom. The molecule has 0 bridgehead atoms. The van der Waals surface area contributed by atoms with Crippen LogP contribution in [0.2, 0.25) is 0 Å². The van der Waals surface area contributed by atoms with Crippen LogP contribution in [0.15, 0.2) is 18.3 Å². The summed E-state index contributed by atoms with van der Waals surface area (Å²) in [6.07, 6.45) is 5.62. The van der Waals surface area contributed by atoms with Gasteiger partial charge in [0.1, 0.15) is 29.8 Å². The lowest BCUT2D eigenvalue weighted by Crippen LogP contribution is -2.42. The summed E-state index contributed by atoms with van der Waals surface area (Å²) in [5, 5.41) is 17.3. The highest BCUT2D eigenvalue weighted by Gasteiger charge is 2.44. The van der Waals surface area contributed by atoms with Gasteiger partial charge in [-0.15, -0.1) is 5.10 Å². The van der Waals surface area contributed by atoms with Gasteiger partial charge in [-0.05, 0) is 44.2 Å². The largest absolute Gasteiger partial charge is 0.489 e. The van der Waals surface area contributed by atoms with Crippen LogP contribution in [0.5, 0.6) is 5.75 Å². The van der Waals surface area contributed by atoms with Crippen LogP contribution in [0, 0.1) is 0 Å². The minimum Gasteiger partial charge on any atom is -0.489 e. The number of pyridine rings is 1. The van der Waals surface area contributed by atoms with E-state index in [1.165, 1.54) is 6.20 Å². The van der Waals surface area contributed by atoms with E-state index in [1.807, 2.05) is 0 Å². The molecule has 0 aromatic carbocycles. The summed E-state index contributed by atoms with van der Waals surface area (Å²) < 4.78 is 27.4. The van der Waals surface area contributed by atoms with Crippen LogP contribution < -0.4 is 4.74 Å². The molecule has 2 aliphatic carbocycles. The molecule has 4 rings (SSSR count). The number of alkyl halides is 1.